The summed E-state index contributed by atoms with van der Waals surface area (Å²) in [6.07, 6.45) is 3.94. The molecule has 2 aromatic heterocycles. The molecule has 1 atom stereocenters. The quantitative estimate of drug-likeness (QED) is 0.598. The second kappa shape index (κ2) is 8.45. The zero-order valence-electron chi connectivity index (χ0n) is 16.2. The van der Waals surface area contributed by atoms with Crippen molar-refractivity contribution in [3.8, 4) is 5.75 Å². The molecule has 1 aliphatic rings. The molecule has 0 aliphatic carbocycles. The van der Waals surface area contributed by atoms with E-state index in [1.165, 1.54) is 10.5 Å². The third kappa shape index (κ3) is 4.63. The summed E-state index contributed by atoms with van der Waals surface area (Å²) < 4.78 is 18.0. The number of benzene rings is 1. The summed E-state index contributed by atoms with van der Waals surface area (Å²) in [5.41, 5.74) is 2.08. The van der Waals surface area contributed by atoms with E-state index in [9.17, 15) is 9.59 Å². The van der Waals surface area contributed by atoms with Gasteiger partial charge in [-0.05, 0) is 55.7 Å². The van der Waals surface area contributed by atoms with Crippen LogP contribution in [0.3, 0.4) is 0 Å². The molecule has 0 saturated carbocycles. The van der Waals surface area contributed by atoms with E-state index < -0.39 is 5.97 Å². The summed E-state index contributed by atoms with van der Waals surface area (Å²) in [4.78, 5) is 28.9. The van der Waals surface area contributed by atoms with Crippen LogP contribution < -0.4 is 10.3 Å². The van der Waals surface area contributed by atoms with Crippen molar-refractivity contribution in [1.82, 2.24) is 9.38 Å². The molecule has 0 N–H and O–H groups in total. The van der Waals surface area contributed by atoms with Gasteiger partial charge in [0.05, 0.1) is 17.4 Å². The molecule has 0 spiro atoms. The highest BCUT2D eigenvalue weighted by Gasteiger charge is 2.16. The second-order valence-corrected chi connectivity index (χ2v) is 7.07. The fourth-order valence-electron chi connectivity index (χ4n) is 3.21. The number of esters is 1. The van der Waals surface area contributed by atoms with E-state index in [0.29, 0.717) is 29.3 Å². The van der Waals surface area contributed by atoms with E-state index in [-0.39, 0.29) is 18.3 Å². The lowest BCUT2D eigenvalue weighted by molar-refractivity contribution is 0.0467. The number of carbonyl (C=O) groups excluding carboxylic acids is 1. The largest absolute Gasteiger partial charge is 0.491 e. The molecule has 1 saturated heterocycles. The third-order valence-corrected chi connectivity index (χ3v) is 4.76. The first-order valence-electron chi connectivity index (χ1n) is 9.59. The van der Waals surface area contributed by atoms with Gasteiger partial charge in [0.1, 0.15) is 24.6 Å². The first kappa shape index (κ1) is 19.1. The Bertz CT molecular complexity index is 1070. The number of hydrogen-bond donors (Lipinski definition) is 0. The highest BCUT2D eigenvalue weighted by atomic mass is 16.5. The van der Waals surface area contributed by atoms with Crippen LogP contribution in [0.2, 0.25) is 0 Å². The Kier molecular flexibility index (Phi) is 5.57. The van der Waals surface area contributed by atoms with Crippen LogP contribution in [0.1, 0.15) is 34.5 Å². The minimum Gasteiger partial charge on any atom is -0.491 e. The van der Waals surface area contributed by atoms with Crippen LogP contribution in [0.15, 0.2) is 53.5 Å². The van der Waals surface area contributed by atoms with Gasteiger partial charge in [0, 0.05) is 18.9 Å². The minimum absolute atomic E-state index is 0.0737. The number of carbonyl (C=O) groups is 1. The fourth-order valence-corrected chi connectivity index (χ4v) is 3.21. The highest BCUT2D eigenvalue weighted by molar-refractivity contribution is 5.89. The van der Waals surface area contributed by atoms with Crippen LogP contribution in [0.25, 0.3) is 5.65 Å². The normalized spacial score (nSPS) is 16.1. The maximum Gasteiger partial charge on any atom is 0.338 e. The topological polar surface area (TPSA) is 79.1 Å². The molecule has 150 valence electrons. The molecule has 3 aromatic rings. The monoisotopic (exact) mass is 394 g/mol. The van der Waals surface area contributed by atoms with Gasteiger partial charge in [-0.2, -0.15) is 0 Å². The number of ether oxygens (including phenoxy) is 3. The molecule has 0 amide bonds. The number of fused-ring (bicyclic) bond motifs is 1. The lowest BCUT2D eigenvalue weighted by Gasteiger charge is -2.11. The van der Waals surface area contributed by atoms with E-state index in [1.54, 1.807) is 36.5 Å². The summed E-state index contributed by atoms with van der Waals surface area (Å²) in [7, 11) is 0. The van der Waals surface area contributed by atoms with Crippen LogP contribution in [0, 0.1) is 6.92 Å². The zero-order chi connectivity index (χ0) is 20.2. The molecule has 4 rings (SSSR count). The van der Waals surface area contributed by atoms with Crippen molar-refractivity contribution in [2.45, 2.75) is 32.5 Å². The van der Waals surface area contributed by atoms with E-state index >= 15 is 0 Å². The molecule has 7 heteroatoms. The fraction of sp³-hybridized carbons (Fsp3) is 0.318. The number of pyridine rings is 1. The number of aryl methyl sites for hydroxylation is 1. The van der Waals surface area contributed by atoms with E-state index in [1.807, 2.05) is 13.0 Å². The second-order valence-electron chi connectivity index (χ2n) is 7.07. The third-order valence-electron chi connectivity index (χ3n) is 4.76. The first-order valence-corrected chi connectivity index (χ1v) is 9.59. The molecule has 1 aliphatic heterocycles. The number of rotatable bonds is 6. The zero-order valence-corrected chi connectivity index (χ0v) is 16.2. The van der Waals surface area contributed by atoms with E-state index in [0.717, 1.165) is 25.0 Å². The van der Waals surface area contributed by atoms with Crippen LogP contribution in [0.5, 0.6) is 5.75 Å². The lowest BCUT2D eigenvalue weighted by atomic mass is 10.2. The Morgan fingerprint density at radius 2 is 2.07 bits per heavy atom. The van der Waals surface area contributed by atoms with Crippen molar-refractivity contribution < 1.29 is 19.0 Å². The lowest BCUT2D eigenvalue weighted by Crippen LogP contribution is -2.17. The summed E-state index contributed by atoms with van der Waals surface area (Å²) >= 11 is 0. The van der Waals surface area contributed by atoms with Gasteiger partial charge in [-0.1, -0.05) is 6.07 Å². The summed E-state index contributed by atoms with van der Waals surface area (Å²) in [6, 6.07) is 11.8. The van der Waals surface area contributed by atoms with Crippen LogP contribution in [0.4, 0.5) is 0 Å². The molecule has 1 aromatic carbocycles. The summed E-state index contributed by atoms with van der Waals surface area (Å²) in [5.74, 6) is 0.193. The van der Waals surface area contributed by atoms with Gasteiger partial charge in [-0.15, -0.1) is 0 Å². The number of aromatic nitrogens is 2. The van der Waals surface area contributed by atoms with Crippen molar-refractivity contribution in [3.05, 3.63) is 75.8 Å². The predicted molar refractivity (Wildman–Crippen MR) is 106 cm³/mol. The highest BCUT2D eigenvalue weighted by Crippen LogP contribution is 2.17. The van der Waals surface area contributed by atoms with Crippen LogP contribution in [-0.4, -0.2) is 34.7 Å². The van der Waals surface area contributed by atoms with E-state index in [2.05, 4.69) is 4.98 Å². The molecule has 1 fully saturated rings. The molecule has 29 heavy (non-hydrogen) atoms. The molecular formula is C22H22N2O5. The standard InChI is InChI=1S/C22H22N2O5/c1-15-4-9-20-23-17(11-21(25)24(20)12-15)13-29-22(26)16-5-7-18(8-6-16)28-14-19-3-2-10-27-19/h4-9,11-12,19H,2-3,10,13-14H2,1H3. The van der Waals surface area contributed by atoms with Crippen LogP contribution in [-0.2, 0) is 16.1 Å². The van der Waals surface area contributed by atoms with Crippen molar-refractivity contribution in [2.24, 2.45) is 0 Å². The Balaban J connectivity index is 1.36. The van der Waals surface area contributed by atoms with Gasteiger partial charge >= 0.3 is 5.97 Å². The number of hydrogen-bond acceptors (Lipinski definition) is 6. The van der Waals surface area contributed by atoms with Crippen LogP contribution >= 0.6 is 0 Å². The molecule has 0 radical (unpaired) electrons. The first-order chi connectivity index (χ1) is 14.1. The van der Waals surface area contributed by atoms with Gasteiger partial charge in [0.15, 0.2) is 0 Å². The number of nitrogens with zero attached hydrogens (tertiary/aromatic N) is 2. The Labute approximate surface area is 167 Å². The summed E-state index contributed by atoms with van der Waals surface area (Å²) in [5, 5.41) is 0. The van der Waals surface area contributed by atoms with Crippen molar-refractivity contribution in [2.75, 3.05) is 13.2 Å². The van der Waals surface area contributed by atoms with Gasteiger partial charge < -0.3 is 14.2 Å². The maximum atomic E-state index is 12.3. The van der Waals surface area contributed by atoms with Crippen molar-refractivity contribution in [1.29, 1.82) is 0 Å². The molecular weight excluding hydrogens is 372 g/mol. The Morgan fingerprint density at radius 3 is 2.83 bits per heavy atom. The Hall–Kier alpha value is -3.19. The SMILES string of the molecule is Cc1ccc2nc(COC(=O)c3ccc(OCC4CCCO4)cc3)cc(=O)n2c1. The maximum absolute atomic E-state index is 12.3. The van der Waals surface area contributed by atoms with Gasteiger partial charge in [-0.3, -0.25) is 9.20 Å². The molecule has 7 nitrogen and oxygen atoms in total. The Morgan fingerprint density at radius 1 is 1.24 bits per heavy atom. The molecule has 1 unspecified atom stereocenters. The summed E-state index contributed by atoms with van der Waals surface area (Å²) in [6.45, 7) is 3.12. The minimum atomic E-state index is -0.485. The van der Waals surface area contributed by atoms with Crippen molar-refractivity contribution in [3.63, 3.8) is 0 Å². The smallest absolute Gasteiger partial charge is 0.338 e. The molecule has 3 heterocycles. The van der Waals surface area contributed by atoms with Crippen molar-refractivity contribution >= 4 is 11.6 Å². The van der Waals surface area contributed by atoms with E-state index in [4.69, 9.17) is 14.2 Å². The van der Waals surface area contributed by atoms with Gasteiger partial charge in [0.2, 0.25) is 0 Å². The average Bonchev–Trinajstić information content (AvgIpc) is 3.25. The average molecular weight is 394 g/mol. The predicted octanol–water partition coefficient (Wildman–Crippen LogP) is 2.92. The van der Waals surface area contributed by atoms with Gasteiger partial charge in [-0.25, -0.2) is 9.78 Å². The molecule has 0 bridgehead atoms. The van der Waals surface area contributed by atoms with Gasteiger partial charge in [0.25, 0.3) is 5.56 Å².